The number of imidazole rings is 3. The maximum atomic E-state index is 14.6. The van der Waals surface area contributed by atoms with E-state index in [2.05, 4.69) is 44.2 Å². The highest BCUT2D eigenvalue weighted by Gasteiger charge is 2.53. The Morgan fingerprint density at radius 2 is 1.04 bits per heavy atom. The molecular weight excluding hydrogens is 987 g/mol. The second-order valence-electron chi connectivity index (χ2n) is 14.9. The fraction of sp³-hybridized carbons (Fsp3) is 0.500. The Balaban J connectivity index is 0.969. The number of hydrogen-bond acceptors (Lipinski definition) is 28. The fourth-order valence-electron chi connectivity index (χ4n) is 7.41. The molecule has 0 aliphatic carbocycles. The highest BCUT2D eigenvalue weighted by molar-refractivity contribution is 7.67. The number of hydrogen-bond donors (Lipinski definition) is 12. The van der Waals surface area contributed by atoms with E-state index >= 15 is 0 Å². The van der Waals surface area contributed by atoms with Crippen LogP contribution in [0.4, 0.5) is 5.82 Å². The number of aromatic nitrogens is 12. The zero-order valence-corrected chi connectivity index (χ0v) is 36.3. The van der Waals surface area contributed by atoms with Crippen molar-refractivity contribution in [3.05, 3.63) is 52.5 Å². The zero-order valence-electron chi connectivity index (χ0n) is 33.7. The van der Waals surface area contributed by atoms with E-state index in [1.54, 1.807) is 0 Å². The largest absolute Gasteiger partial charge is 0.492 e. The standard InChI is InChI=1S/C30H36N13O22P3/c31-21-12-22(33-4-32-21)41(6-36-12)27-18(47)15(44)9(61-27)1-58-67(56,59-2-10-16(45)19(48)28(62-10)42-7-37-13-23(42)34-5-35-25(13)50)65-68(57,64-66(53,54)55)60-3-11-17(46)20(49)29(63-11)43-8-38-14-24(43)39-30(52)40-26(14)51/h4-11,15-20,27-29,44-49H,1-3H2,(H2,31,32,33)(H,34,35,50)(H2,53,54,55)(H2,39,40,51,52)/t9-,10-,11-,15-,16-,17-,18-,19-,20-,27-,28-,29-,67?,68?/m1/s1. The van der Waals surface area contributed by atoms with Gasteiger partial charge in [-0.05, 0) is 0 Å². The number of ether oxygens (including phenoxy) is 3. The number of nitrogen functional groups attached to an aromatic ring is 1. The third kappa shape index (κ3) is 8.99. The Labute approximate surface area is 374 Å². The van der Waals surface area contributed by atoms with Gasteiger partial charge in [0.15, 0.2) is 46.8 Å². The number of nitrogens with one attached hydrogen (secondary N) is 2. The first-order valence-corrected chi connectivity index (χ1v) is 23.7. The molecule has 3 fully saturated rings. The number of aliphatic hydroxyl groups excluding tert-OH is 6. The molecule has 3 saturated heterocycles. The smallest absolute Gasteiger partial charge is 0.492 e. The average molecular weight is 1020 g/mol. The van der Waals surface area contributed by atoms with Gasteiger partial charge in [-0.3, -0.25) is 42.0 Å². The maximum Gasteiger partial charge on any atom is 0.492 e. The van der Waals surface area contributed by atoms with Gasteiger partial charge in [0, 0.05) is 0 Å². The molecule has 38 heteroatoms. The maximum absolute atomic E-state index is 14.6. The lowest BCUT2D eigenvalue weighted by Crippen LogP contribution is -2.34. The molecule has 6 aromatic heterocycles. The summed E-state index contributed by atoms with van der Waals surface area (Å²) in [4.78, 5) is 75.3. The van der Waals surface area contributed by atoms with Crippen LogP contribution in [0.1, 0.15) is 18.7 Å². The highest BCUT2D eigenvalue weighted by atomic mass is 31.3. The van der Waals surface area contributed by atoms with E-state index in [9.17, 15) is 68.8 Å². The molecule has 9 rings (SSSR count). The number of anilines is 1. The summed E-state index contributed by atoms with van der Waals surface area (Å²) in [6, 6.07) is 0. The van der Waals surface area contributed by atoms with E-state index in [0.29, 0.717) is 0 Å². The van der Waals surface area contributed by atoms with E-state index in [1.165, 1.54) is 0 Å². The number of phosphoric ester groups is 1. The van der Waals surface area contributed by atoms with Crippen molar-refractivity contribution in [2.24, 2.45) is 0 Å². The number of aliphatic hydroxyl groups is 6. The van der Waals surface area contributed by atoms with Crippen molar-refractivity contribution in [1.82, 2.24) is 58.6 Å². The summed E-state index contributed by atoms with van der Waals surface area (Å²) >= 11 is 0. The lowest BCUT2D eigenvalue weighted by atomic mass is 10.1. The first-order chi connectivity index (χ1) is 32.1. The van der Waals surface area contributed by atoms with Gasteiger partial charge in [-0.2, -0.15) is 13.6 Å². The van der Waals surface area contributed by atoms with Crippen molar-refractivity contribution in [1.29, 1.82) is 0 Å². The molecule has 13 N–H and O–H groups in total. The molecule has 9 heterocycles. The quantitative estimate of drug-likeness (QED) is 0.0408. The van der Waals surface area contributed by atoms with Crippen LogP contribution in [0, 0.1) is 0 Å². The molecule has 2 unspecified atom stereocenters. The molecule has 14 atom stereocenters. The molecule has 35 nitrogen and oxygen atoms in total. The summed E-state index contributed by atoms with van der Waals surface area (Å²) in [6.07, 6.45) is -16.1. The number of nitrogens with two attached hydrogens (primary N) is 1. The van der Waals surface area contributed by atoms with Crippen LogP contribution in [-0.2, 0) is 50.1 Å². The van der Waals surface area contributed by atoms with E-state index in [0.717, 1.165) is 45.3 Å². The van der Waals surface area contributed by atoms with Gasteiger partial charge in [-0.15, -0.1) is 0 Å². The summed E-state index contributed by atoms with van der Waals surface area (Å²) in [6.45, 7) is -3.58. The predicted molar refractivity (Wildman–Crippen MR) is 213 cm³/mol. The van der Waals surface area contributed by atoms with Crippen LogP contribution in [-0.4, -0.2) is 179 Å². The second-order valence-corrected chi connectivity index (χ2v) is 19.8. The summed E-state index contributed by atoms with van der Waals surface area (Å²) in [5, 5.41) is 75.8. The monoisotopic (exact) mass is 1020 g/mol. The van der Waals surface area contributed by atoms with E-state index in [4.69, 9.17) is 37.8 Å². The molecule has 0 aromatic carbocycles. The Morgan fingerprint density at radius 1 is 0.588 bits per heavy atom. The molecule has 0 saturated carbocycles. The minimum absolute atomic E-state index is 0.0441. The van der Waals surface area contributed by atoms with E-state index in [-0.39, 0.29) is 39.3 Å². The molecular formula is C30H36N13O22P3. The van der Waals surface area contributed by atoms with E-state index in [1.807, 2.05) is 4.98 Å². The van der Waals surface area contributed by atoms with Crippen molar-refractivity contribution >= 4 is 62.8 Å². The Morgan fingerprint density at radius 3 is 1.59 bits per heavy atom. The molecule has 0 spiro atoms. The van der Waals surface area contributed by atoms with Crippen molar-refractivity contribution in [3.8, 4) is 5.88 Å². The number of phosphoric acid groups is 3. The summed E-state index contributed by atoms with van der Waals surface area (Å²) in [5.74, 6) is -0.587. The lowest BCUT2D eigenvalue weighted by molar-refractivity contribution is -0.0621. The van der Waals surface area contributed by atoms with Gasteiger partial charge in [0.25, 0.3) is 5.56 Å². The Kier molecular flexibility index (Phi) is 12.7. The van der Waals surface area contributed by atoms with Gasteiger partial charge in [0.05, 0.1) is 38.8 Å². The minimum Gasteiger partial charge on any atom is -0.492 e. The topological polar surface area (TPSA) is 504 Å². The summed E-state index contributed by atoms with van der Waals surface area (Å²) in [5.41, 5.74) is 3.27. The number of H-pyrrole nitrogens is 2. The number of aromatic amines is 2. The fourth-order valence-corrected chi connectivity index (χ4v) is 11.6. The molecule has 3 aliphatic heterocycles. The minimum atomic E-state index is -6.09. The van der Waals surface area contributed by atoms with Gasteiger partial charge < -0.3 is 65.5 Å². The van der Waals surface area contributed by atoms with Gasteiger partial charge in [-0.25, -0.2) is 48.4 Å². The summed E-state index contributed by atoms with van der Waals surface area (Å²) in [7, 11) is -17.9. The number of nitrogens with zero attached hydrogens (tertiary/aromatic N) is 10. The molecule has 0 radical (unpaired) electrons. The summed E-state index contributed by atoms with van der Waals surface area (Å²) < 4.78 is 86.4. The van der Waals surface area contributed by atoms with Crippen LogP contribution < -0.4 is 17.0 Å². The normalized spacial score (nSPS) is 30.7. The Bertz CT molecular complexity index is 3010. The third-order valence-electron chi connectivity index (χ3n) is 10.6. The molecule has 368 valence electrons. The van der Waals surface area contributed by atoms with Crippen LogP contribution in [0.2, 0.25) is 0 Å². The van der Waals surface area contributed by atoms with Crippen molar-refractivity contribution < 1.29 is 95.6 Å². The SMILES string of the molecule is Nc1ncnc2c1ncn2[C@@H]1O[C@H](COP(=O)(OC[C@H]2O[C@@H](n3cnc4c(O)ncnc43)[C@H](O)[C@@H]2O)OP(=O)(OC[C@H]2O[C@@H](n3cnc4c(=O)[nH]c(=O)[nH]c43)[C@H](O)[C@@H]2O)OP(=O)(O)O)[C@@H](O)[C@H]1O. The van der Waals surface area contributed by atoms with Crippen molar-refractivity contribution in [2.45, 2.75) is 73.6 Å². The van der Waals surface area contributed by atoms with Crippen LogP contribution in [0.15, 0.2) is 41.2 Å². The molecule has 68 heavy (non-hydrogen) atoms. The average Bonchev–Trinajstić information content (AvgIpc) is 4.13. The van der Waals surface area contributed by atoms with Crippen LogP contribution in [0.3, 0.4) is 0 Å². The number of rotatable bonds is 16. The predicted octanol–water partition coefficient (Wildman–Crippen LogP) is -4.37. The van der Waals surface area contributed by atoms with Crippen LogP contribution >= 0.6 is 23.5 Å². The molecule has 0 bridgehead atoms. The third-order valence-corrected chi connectivity index (χ3v) is 15.3. The highest BCUT2D eigenvalue weighted by Crippen LogP contribution is 2.71. The van der Waals surface area contributed by atoms with Gasteiger partial charge in [0.2, 0.25) is 5.88 Å². The lowest BCUT2D eigenvalue weighted by Gasteiger charge is -2.26. The first-order valence-electron chi connectivity index (χ1n) is 19.3. The molecule has 0 amide bonds. The first kappa shape index (κ1) is 47.9. The van der Waals surface area contributed by atoms with Gasteiger partial charge >= 0.3 is 29.2 Å². The number of aromatic hydroxyl groups is 1. The van der Waals surface area contributed by atoms with Crippen molar-refractivity contribution in [3.63, 3.8) is 0 Å². The van der Waals surface area contributed by atoms with Crippen molar-refractivity contribution in [2.75, 3.05) is 25.6 Å². The van der Waals surface area contributed by atoms with Crippen LogP contribution in [0.25, 0.3) is 33.5 Å². The van der Waals surface area contributed by atoms with E-state index < -0.39 is 134 Å². The number of fused-ring (bicyclic) bond motifs is 3. The second kappa shape index (κ2) is 18.0. The zero-order chi connectivity index (χ0) is 48.6. The molecule has 6 aromatic rings. The van der Waals surface area contributed by atoms with Crippen LogP contribution in [0.5, 0.6) is 5.88 Å². The van der Waals surface area contributed by atoms with Gasteiger partial charge in [-0.1, -0.05) is 0 Å². The molecule has 3 aliphatic rings. The van der Waals surface area contributed by atoms with Gasteiger partial charge in [0.1, 0.15) is 78.8 Å². The Hall–Kier alpha value is -5.10.